The third kappa shape index (κ3) is 3.26. The molecule has 29 heavy (non-hydrogen) atoms. The number of ether oxygens (including phenoxy) is 1. The second-order valence-corrected chi connectivity index (χ2v) is 10.2. The van der Waals surface area contributed by atoms with Gasteiger partial charge < -0.3 is 4.74 Å². The Morgan fingerprint density at radius 2 is 1.48 bits per heavy atom. The van der Waals surface area contributed by atoms with E-state index in [1.165, 1.54) is 18.4 Å². The summed E-state index contributed by atoms with van der Waals surface area (Å²) in [6.07, 6.45) is 3.63. The van der Waals surface area contributed by atoms with Gasteiger partial charge >= 0.3 is 0 Å². The number of rotatable bonds is 3. The predicted molar refractivity (Wildman–Crippen MR) is 108 cm³/mol. The zero-order valence-electron chi connectivity index (χ0n) is 16.9. The van der Waals surface area contributed by atoms with Crippen molar-refractivity contribution in [1.82, 2.24) is 4.31 Å². The van der Waals surface area contributed by atoms with Crippen molar-refractivity contribution in [2.45, 2.75) is 56.3 Å². The Balaban J connectivity index is 1.96. The van der Waals surface area contributed by atoms with Crippen molar-refractivity contribution in [2.24, 2.45) is 0 Å². The standard InChI is InChI=1S/C22H25NO5S/c1-13-10-11-14(29(26,27)23(2)3)12-15(13)20-21-16(24)6-4-8-18(21)28-19-9-5-7-17(25)22(19)20/h10-12,20H,4-9H2,1-3H3. The summed E-state index contributed by atoms with van der Waals surface area (Å²) < 4.78 is 32.7. The van der Waals surface area contributed by atoms with Crippen LogP contribution in [0.25, 0.3) is 0 Å². The van der Waals surface area contributed by atoms with E-state index in [4.69, 9.17) is 4.74 Å². The molecule has 0 saturated heterocycles. The summed E-state index contributed by atoms with van der Waals surface area (Å²) in [7, 11) is -0.668. The van der Waals surface area contributed by atoms with Gasteiger partial charge in [-0.25, -0.2) is 12.7 Å². The number of hydrogen-bond donors (Lipinski definition) is 0. The van der Waals surface area contributed by atoms with Gasteiger partial charge in [0.1, 0.15) is 11.5 Å². The van der Waals surface area contributed by atoms with Gasteiger partial charge in [-0.15, -0.1) is 0 Å². The number of hydrogen-bond acceptors (Lipinski definition) is 5. The van der Waals surface area contributed by atoms with Crippen LogP contribution in [0.5, 0.6) is 0 Å². The average Bonchev–Trinajstić information content (AvgIpc) is 2.67. The van der Waals surface area contributed by atoms with Crippen LogP contribution in [0.1, 0.15) is 55.6 Å². The predicted octanol–water partition coefficient (Wildman–Crippen LogP) is 3.37. The van der Waals surface area contributed by atoms with Gasteiger partial charge in [0.25, 0.3) is 0 Å². The van der Waals surface area contributed by atoms with Crippen molar-refractivity contribution in [2.75, 3.05) is 14.1 Å². The second-order valence-electron chi connectivity index (χ2n) is 8.07. The molecule has 3 aliphatic rings. The van der Waals surface area contributed by atoms with Crippen molar-refractivity contribution < 1.29 is 22.7 Å². The van der Waals surface area contributed by atoms with Crippen LogP contribution in [0.15, 0.2) is 45.8 Å². The number of Topliss-reactive ketones (excluding diaryl/α,β-unsaturated/α-hetero) is 2. The van der Waals surface area contributed by atoms with Crippen LogP contribution >= 0.6 is 0 Å². The number of ketones is 2. The van der Waals surface area contributed by atoms with Crippen molar-refractivity contribution in [3.8, 4) is 0 Å². The fourth-order valence-corrected chi connectivity index (χ4v) is 5.37. The van der Waals surface area contributed by atoms with E-state index in [-0.39, 0.29) is 16.5 Å². The summed E-state index contributed by atoms with van der Waals surface area (Å²) in [5.41, 5.74) is 2.62. The molecule has 4 rings (SSSR count). The van der Waals surface area contributed by atoms with Gasteiger partial charge in [0.15, 0.2) is 11.6 Å². The minimum absolute atomic E-state index is 0.0126. The number of aryl methyl sites for hydroxylation is 1. The van der Waals surface area contributed by atoms with Crippen molar-refractivity contribution >= 4 is 21.6 Å². The van der Waals surface area contributed by atoms with Gasteiger partial charge in [-0.3, -0.25) is 9.59 Å². The normalized spacial score (nSPS) is 20.7. The first-order chi connectivity index (χ1) is 13.7. The van der Waals surface area contributed by atoms with Crippen molar-refractivity contribution in [3.63, 3.8) is 0 Å². The highest BCUT2D eigenvalue weighted by Gasteiger charge is 2.42. The van der Waals surface area contributed by atoms with Gasteiger partial charge in [0.05, 0.1) is 4.90 Å². The molecule has 1 aliphatic heterocycles. The highest BCUT2D eigenvalue weighted by molar-refractivity contribution is 7.89. The minimum Gasteiger partial charge on any atom is -0.465 e. The highest BCUT2D eigenvalue weighted by Crippen LogP contribution is 2.48. The fraction of sp³-hybridized carbons (Fsp3) is 0.455. The summed E-state index contributed by atoms with van der Waals surface area (Å²) in [5, 5.41) is 0. The molecule has 1 aromatic carbocycles. The van der Waals surface area contributed by atoms with E-state index >= 15 is 0 Å². The fourth-order valence-electron chi connectivity index (χ4n) is 4.43. The molecule has 0 amide bonds. The van der Waals surface area contributed by atoms with E-state index in [0.717, 1.165) is 18.4 Å². The Bertz CT molecular complexity index is 1040. The lowest BCUT2D eigenvalue weighted by Crippen LogP contribution is -2.31. The maximum Gasteiger partial charge on any atom is 0.242 e. The van der Waals surface area contributed by atoms with Crippen LogP contribution < -0.4 is 0 Å². The second kappa shape index (κ2) is 7.22. The molecule has 0 saturated carbocycles. The lowest BCUT2D eigenvalue weighted by molar-refractivity contribution is -0.117. The SMILES string of the molecule is Cc1ccc(S(=O)(=O)N(C)C)cc1C1C2=C(CCCC2=O)OC2=C1C(=O)CCC2. The molecule has 2 aliphatic carbocycles. The molecular weight excluding hydrogens is 390 g/mol. The number of carbonyl (C=O) groups is 2. The summed E-state index contributed by atoms with van der Waals surface area (Å²) in [6.45, 7) is 1.89. The van der Waals surface area contributed by atoms with Gasteiger partial charge in [-0.05, 0) is 43.0 Å². The number of nitrogens with zero attached hydrogens (tertiary/aromatic N) is 1. The lowest BCUT2D eigenvalue weighted by atomic mass is 9.72. The van der Waals surface area contributed by atoms with Crippen LogP contribution in [0.2, 0.25) is 0 Å². The van der Waals surface area contributed by atoms with E-state index in [0.29, 0.717) is 53.9 Å². The third-order valence-electron chi connectivity index (χ3n) is 5.98. The van der Waals surface area contributed by atoms with Gasteiger partial charge in [0.2, 0.25) is 10.0 Å². The Kier molecular flexibility index (Phi) is 4.99. The summed E-state index contributed by atoms with van der Waals surface area (Å²) in [4.78, 5) is 26.0. The maximum atomic E-state index is 12.9. The number of allylic oxidation sites excluding steroid dienone is 4. The zero-order chi connectivity index (χ0) is 20.9. The molecule has 0 unspecified atom stereocenters. The highest BCUT2D eigenvalue weighted by atomic mass is 32.2. The molecule has 0 bridgehead atoms. The molecule has 0 radical (unpaired) electrons. The van der Waals surface area contributed by atoms with Crippen LogP contribution in [0, 0.1) is 6.92 Å². The molecule has 154 valence electrons. The van der Waals surface area contributed by atoms with E-state index in [2.05, 4.69) is 0 Å². The largest absolute Gasteiger partial charge is 0.465 e. The quantitative estimate of drug-likeness (QED) is 0.756. The maximum absolute atomic E-state index is 12.9. The van der Waals surface area contributed by atoms with E-state index in [1.807, 2.05) is 6.92 Å². The third-order valence-corrected chi connectivity index (χ3v) is 7.79. The Morgan fingerprint density at radius 3 is 2.00 bits per heavy atom. The van der Waals surface area contributed by atoms with E-state index < -0.39 is 15.9 Å². The minimum atomic E-state index is -3.64. The first-order valence-corrected chi connectivity index (χ1v) is 11.4. The van der Waals surface area contributed by atoms with Crippen LogP contribution in [-0.4, -0.2) is 38.4 Å². The van der Waals surface area contributed by atoms with Gasteiger partial charge in [-0.1, -0.05) is 6.07 Å². The van der Waals surface area contributed by atoms with E-state index in [9.17, 15) is 18.0 Å². The van der Waals surface area contributed by atoms with Crippen molar-refractivity contribution in [1.29, 1.82) is 0 Å². The molecule has 0 N–H and O–H groups in total. The number of carbonyl (C=O) groups excluding carboxylic acids is 2. The summed E-state index contributed by atoms with van der Waals surface area (Å²) >= 11 is 0. The summed E-state index contributed by atoms with van der Waals surface area (Å²) in [5.74, 6) is 0.731. The van der Waals surface area contributed by atoms with Crippen LogP contribution in [0.4, 0.5) is 0 Å². The van der Waals surface area contributed by atoms with E-state index in [1.54, 1.807) is 18.2 Å². The molecule has 0 spiro atoms. The Hall–Kier alpha value is -2.25. The number of sulfonamides is 1. The van der Waals surface area contributed by atoms with Crippen molar-refractivity contribution in [3.05, 3.63) is 52.0 Å². The first kappa shape index (κ1) is 20.0. The lowest BCUT2D eigenvalue weighted by Gasteiger charge is -2.36. The molecule has 0 fully saturated rings. The average molecular weight is 416 g/mol. The van der Waals surface area contributed by atoms with Gasteiger partial charge in [0, 0.05) is 56.8 Å². The van der Waals surface area contributed by atoms with Crippen LogP contribution in [0.3, 0.4) is 0 Å². The Labute approximate surface area is 171 Å². The zero-order valence-corrected chi connectivity index (χ0v) is 17.8. The first-order valence-electron chi connectivity index (χ1n) is 9.95. The summed E-state index contributed by atoms with van der Waals surface area (Å²) in [6, 6.07) is 4.95. The monoisotopic (exact) mass is 415 g/mol. The van der Waals surface area contributed by atoms with Crippen LogP contribution in [-0.2, 0) is 24.3 Å². The molecular formula is C22H25NO5S. The molecule has 1 aromatic rings. The topological polar surface area (TPSA) is 80.8 Å². The Morgan fingerprint density at radius 1 is 0.931 bits per heavy atom. The molecule has 0 atom stereocenters. The smallest absolute Gasteiger partial charge is 0.242 e. The van der Waals surface area contributed by atoms with Gasteiger partial charge in [-0.2, -0.15) is 0 Å². The molecule has 0 aromatic heterocycles. The number of benzene rings is 1. The molecule has 7 heteroatoms. The molecule has 1 heterocycles. The molecule has 6 nitrogen and oxygen atoms in total.